The van der Waals surface area contributed by atoms with Crippen LogP contribution in [0.15, 0.2) is 24.3 Å². The molecule has 1 aromatic carbocycles. The molecule has 4 heteroatoms. The molecule has 2 saturated heterocycles. The molecule has 1 aromatic rings. The van der Waals surface area contributed by atoms with E-state index in [4.69, 9.17) is 0 Å². The zero-order valence-electron chi connectivity index (χ0n) is 13.2. The van der Waals surface area contributed by atoms with Gasteiger partial charge < -0.3 is 0 Å². The summed E-state index contributed by atoms with van der Waals surface area (Å²) in [5.74, 6) is 0. The normalized spacial score (nSPS) is 30.5. The monoisotopic (exact) mass is 336 g/mol. The summed E-state index contributed by atoms with van der Waals surface area (Å²) in [6, 6.07) is 8.64. The Hall–Kier alpha value is -0.580. The van der Waals surface area contributed by atoms with Crippen LogP contribution >= 0.6 is 15.6 Å². The van der Waals surface area contributed by atoms with Gasteiger partial charge in [-0.05, 0) is 51.4 Å². The van der Waals surface area contributed by atoms with Gasteiger partial charge in [-0.15, -0.1) is 0 Å². The smallest absolute Gasteiger partial charge is 0.0741 e. The average Bonchev–Trinajstić information content (AvgIpc) is 2.88. The van der Waals surface area contributed by atoms with Crippen molar-refractivity contribution < 1.29 is 9.13 Å². The highest BCUT2D eigenvalue weighted by molar-refractivity contribution is 7.45. The first-order chi connectivity index (χ1) is 10.8. The predicted octanol–water partition coefficient (Wildman–Crippen LogP) is 6.57. The van der Waals surface area contributed by atoms with E-state index in [-0.39, 0.29) is 11.3 Å². The van der Waals surface area contributed by atoms with Gasteiger partial charge in [0.1, 0.15) is 12.3 Å². The van der Waals surface area contributed by atoms with E-state index in [0.717, 1.165) is 38.0 Å². The van der Waals surface area contributed by atoms with Crippen LogP contribution in [0, 0.1) is 0 Å². The highest BCUT2D eigenvalue weighted by atomic mass is 31.1. The molecule has 2 aliphatic rings. The second-order valence-electron chi connectivity index (χ2n) is 6.68. The van der Waals surface area contributed by atoms with Crippen molar-refractivity contribution in [3.63, 3.8) is 0 Å². The highest BCUT2D eigenvalue weighted by Crippen LogP contribution is 2.50. The average molecular weight is 336 g/mol. The Bertz CT molecular complexity index is 490. The second kappa shape index (κ2) is 7.80. The third-order valence-corrected chi connectivity index (χ3v) is 9.13. The largest absolute Gasteiger partial charge is 0.346 e. The van der Waals surface area contributed by atoms with Crippen LogP contribution in [-0.4, -0.2) is 12.3 Å². The van der Waals surface area contributed by atoms with E-state index in [1.165, 1.54) is 36.8 Å². The van der Waals surface area contributed by atoms with Crippen molar-refractivity contribution in [2.75, 3.05) is 12.3 Å². The van der Waals surface area contributed by atoms with Crippen LogP contribution in [0.4, 0.5) is 0 Å². The molecule has 4 unspecified atom stereocenters. The van der Waals surface area contributed by atoms with Crippen LogP contribution in [0.3, 0.4) is 0 Å². The van der Waals surface area contributed by atoms with Gasteiger partial charge in [-0.3, -0.25) is 0 Å². The quantitative estimate of drug-likeness (QED) is 0.572. The second-order valence-corrected chi connectivity index (χ2v) is 10.5. The first-order valence-electron chi connectivity index (χ1n) is 8.73. The molecule has 0 radical (unpaired) electrons. The fourth-order valence-electron chi connectivity index (χ4n) is 3.77. The van der Waals surface area contributed by atoms with Gasteiger partial charge in [-0.25, -0.2) is 0 Å². The summed E-state index contributed by atoms with van der Waals surface area (Å²) in [6.07, 6.45) is 11.0. The SMILES string of the molecule is O=[P+]1CCCCCC1c1ccc(C2CCCCC[P+]2=O)cc1. The lowest BCUT2D eigenvalue weighted by Crippen LogP contribution is -1.97. The van der Waals surface area contributed by atoms with Crippen molar-refractivity contribution in [1.29, 1.82) is 0 Å². The Balaban J connectivity index is 1.76. The first kappa shape index (κ1) is 16.3. The maximum atomic E-state index is 12.4. The Morgan fingerprint density at radius 3 is 1.45 bits per heavy atom. The third kappa shape index (κ3) is 3.84. The van der Waals surface area contributed by atoms with E-state index in [1.54, 1.807) is 0 Å². The van der Waals surface area contributed by atoms with Crippen LogP contribution < -0.4 is 0 Å². The van der Waals surface area contributed by atoms with Gasteiger partial charge >= 0.3 is 15.6 Å². The standard InChI is InChI=1S/C18H26O2P2/c19-21-13-5-1-3-7-17(21)15-9-11-16(12-10-15)18-8-4-2-6-14-22(18)20/h9-12,17-18H,1-8,13-14H2/q+2. The van der Waals surface area contributed by atoms with Gasteiger partial charge in [0.05, 0.1) is 0 Å². The van der Waals surface area contributed by atoms with Gasteiger partial charge in [0.15, 0.2) is 11.3 Å². The van der Waals surface area contributed by atoms with E-state index in [9.17, 15) is 9.13 Å². The van der Waals surface area contributed by atoms with E-state index in [0.29, 0.717) is 0 Å². The van der Waals surface area contributed by atoms with E-state index in [1.807, 2.05) is 0 Å². The maximum Gasteiger partial charge on any atom is 0.346 e. The molecule has 0 N–H and O–H groups in total. The zero-order valence-corrected chi connectivity index (χ0v) is 15.0. The topological polar surface area (TPSA) is 34.1 Å². The minimum Gasteiger partial charge on any atom is -0.0741 e. The van der Waals surface area contributed by atoms with Crippen molar-refractivity contribution in [2.24, 2.45) is 0 Å². The van der Waals surface area contributed by atoms with Gasteiger partial charge in [-0.1, -0.05) is 33.4 Å². The minimum atomic E-state index is -1.10. The van der Waals surface area contributed by atoms with Crippen LogP contribution in [-0.2, 0) is 9.13 Å². The Labute approximate surface area is 135 Å². The molecule has 0 saturated carbocycles. The maximum absolute atomic E-state index is 12.4. The molecule has 2 nitrogen and oxygen atoms in total. The lowest BCUT2D eigenvalue weighted by atomic mass is 10.0. The van der Waals surface area contributed by atoms with Crippen LogP contribution in [0.1, 0.15) is 73.8 Å². The molecular formula is C18H26O2P2+2. The highest BCUT2D eigenvalue weighted by Gasteiger charge is 2.35. The molecule has 4 atom stereocenters. The number of hydrogen-bond donors (Lipinski definition) is 0. The molecule has 118 valence electrons. The zero-order chi connectivity index (χ0) is 15.4. The third-order valence-electron chi connectivity index (χ3n) is 5.11. The molecule has 2 heterocycles. The summed E-state index contributed by atoms with van der Waals surface area (Å²) in [4.78, 5) is 0. The summed E-state index contributed by atoms with van der Waals surface area (Å²) in [7, 11) is -2.21. The molecule has 0 aliphatic carbocycles. The van der Waals surface area contributed by atoms with Crippen LogP contribution in [0.5, 0.6) is 0 Å². The van der Waals surface area contributed by atoms with Gasteiger partial charge in [0.25, 0.3) is 0 Å². The first-order valence-corrected chi connectivity index (χ1v) is 11.8. The number of hydrogen-bond acceptors (Lipinski definition) is 2. The Kier molecular flexibility index (Phi) is 5.77. The van der Waals surface area contributed by atoms with Crippen molar-refractivity contribution >= 4 is 15.6 Å². The summed E-state index contributed by atoms with van der Waals surface area (Å²) in [5.41, 5.74) is 2.95. The molecule has 22 heavy (non-hydrogen) atoms. The Morgan fingerprint density at radius 1 is 0.636 bits per heavy atom. The van der Waals surface area contributed by atoms with Crippen LogP contribution in [0.25, 0.3) is 0 Å². The van der Waals surface area contributed by atoms with Crippen molar-refractivity contribution in [3.8, 4) is 0 Å². The Morgan fingerprint density at radius 2 is 1.05 bits per heavy atom. The number of rotatable bonds is 2. The lowest BCUT2D eigenvalue weighted by molar-refractivity contribution is 0.576. The van der Waals surface area contributed by atoms with Gasteiger partial charge in [0.2, 0.25) is 0 Å². The van der Waals surface area contributed by atoms with E-state index in [2.05, 4.69) is 24.3 Å². The molecule has 3 rings (SSSR count). The molecule has 0 aromatic heterocycles. The summed E-state index contributed by atoms with van der Waals surface area (Å²) in [5, 5.41) is 0. The summed E-state index contributed by atoms with van der Waals surface area (Å²) >= 11 is 0. The van der Waals surface area contributed by atoms with E-state index >= 15 is 0 Å². The van der Waals surface area contributed by atoms with Gasteiger partial charge in [-0.2, -0.15) is 0 Å². The summed E-state index contributed by atoms with van der Waals surface area (Å²) < 4.78 is 24.8. The predicted molar refractivity (Wildman–Crippen MR) is 93.8 cm³/mol. The van der Waals surface area contributed by atoms with Crippen molar-refractivity contribution in [1.82, 2.24) is 0 Å². The fraction of sp³-hybridized carbons (Fsp3) is 0.667. The molecular weight excluding hydrogens is 310 g/mol. The van der Waals surface area contributed by atoms with Crippen molar-refractivity contribution in [2.45, 2.75) is 62.7 Å². The fourth-order valence-corrected chi connectivity index (χ4v) is 7.41. The van der Waals surface area contributed by atoms with E-state index < -0.39 is 15.6 Å². The summed E-state index contributed by atoms with van der Waals surface area (Å²) in [6.45, 7) is 0. The number of benzene rings is 1. The molecule has 0 amide bonds. The lowest BCUT2D eigenvalue weighted by Gasteiger charge is -2.09. The van der Waals surface area contributed by atoms with Crippen molar-refractivity contribution in [3.05, 3.63) is 35.4 Å². The van der Waals surface area contributed by atoms with Crippen LogP contribution in [0.2, 0.25) is 0 Å². The molecule has 0 bridgehead atoms. The molecule has 0 spiro atoms. The molecule has 2 aliphatic heterocycles. The minimum absolute atomic E-state index is 0.245. The molecule has 2 fully saturated rings. The van der Waals surface area contributed by atoms with Gasteiger partial charge in [0, 0.05) is 11.1 Å².